The molecule has 0 aliphatic carbocycles. The van der Waals surface area contributed by atoms with Crippen LogP contribution in [-0.4, -0.2) is 43.8 Å². The summed E-state index contributed by atoms with van der Waals surface area (Å²) < 4.78 is 5.49. The molecule has 1 aromatic rings. The smallest absolute Gasteiger partial charge is 0.133 e. The van der Waals surface area contributed by atoms with Gasteiger partial charge in [-0.1, -0.05) is 0 Å². The SMILES string of the molecule is CNc1cc(N(C)CC2CCCOC2)ncn1. The zero-order valence-corrected chi connectivity index (χ0v) is 10.5. The highest BCUT2D eigenvalue weighted by molar-refractivity contribution is 5.47. The fourth-order valence-electron chi connectivity index (χ4n) is 2.12. The highest BCUT2D eigenvalue weighted by Gasteiger charge is 2.16. The minimum Gasteiger partial charge on any atom is -0.381 e. The van der Waals surface area contributed by atoms with Gasteiger partial charge in [0.15, 0.2) is 0 Å². The lowest BCUT2D eigenvalue weighted by atomic mass is 10.0. The second kappa shape index (κ2) is 5.82. The van der Waals surface area contributed by atoms with Gasteiger partial charge in [-0.15, -0.1) is 0 Å². The van der Waals surface area contributed by atoms with Crippen molar-refractivity contribution >= 4 is 11.6 Å². The van der Waals surface area contributed by atoms with E-state index in [-0.39, 0.29) is 0 Å². The first-order chi connectivity index (χ1) is 8.29. The summed E-state index contributed by atoms with van der Waals surface area (Å²) in [6, 6.07) is 1.96. The van der Waals surface area contributed by atoms with Gasteiger partial charge in [-0.2, -0.15) is 0 Å². The van der Waals surface area contributed by atoms with Crippen molar-refractivity contribution in [1.29, 1.82) is 0 Å². The maximum Gasteiger partial charge on any atom is 0.133 e. The molecular formula is C12H20N4O. The quantitative estimate of drug-likeness (QED) is 0.856. The Kier molecular flexibility index (Phi) is 4.14. The molecular weight excluding hydrogens is 216 g/mol. The predicted octanol–water partition coefficient (Wildman–Crippen LogP) is 1.38. The van der Waals surface area contributed by atoms with Crippen molar-refractivity contribution in [1.82, 2.24) is 9.97 Å². The first kappa shape index (κ1) is 12.1. The molecule has 1 aromatic heterocycles. The van der Waals surface area contributed by atoms with Gasteiger partial charge in [0, 0.05) is 33.3 Å². The molecule has 5 heteroatoms. The molecule has 0 amide bonds. The lowest BCUT2D eigenvalue weighted by Crippen LogP contribution is -2.31. The molecule has 0 radical (unpaired) electrons. The molecule has 1 N–H and O–H groups in total. The van der Waals surface area contributed by atoms with Gasteiger partial charge in [0.1, 0.15) is 18.0 Å². The molecule has 1 fully saturated rings. The van der Waals surface area contributed by atoms with Crippen LogP contribution in [-0.2, 0) is 4.74 Å². The van der Waals surface area contributed by atoms with E-state index in [0.717, 1.165) is 31.4 Å². The van der Waals surface area contributed by atoms with Crippen LogP contribution >= 0.6 is 0 Å². The largest absolute Gasteiger partial charge is 0.381 e. The average molecular weight is 236 g/mol. The number of aromatic nitrogens is 2. The highest BCUT2D eigenvalue weighted by atomic mass is 16.5. The Bertz CT molecular complexity index is 352. The van der Waals surface area contributed by atoms with Crippen LogP contribution in [0.15, 0.2) is 12.4 Å². The van der Waals surface area contributed by atoms with E-state index in [1.165, 1.54) is 12.8 Å². The molecule has 17 heavy (non-hydrogen) atoms. The van der Waals surface area contributed by atoms with Gasteiger partial charge in [-0.05, 0) is 18.8 Å². The molecule has 2 rings (SSSR count). The molecule has 94 valence electrons. The lowest BCUT2D eigenvalue weighted by molar-refractivity contribution is 0.0576. The summed E-state index contributed by atoms with van der Waals surface area (Å²) in [6.07, 6.45) is 4.01. The Morgan fingerprint density at radius 2 is 2.41 bits per heavy atom. The summed E-state index contributed by atoms with van der Waals surface area (Å²) in [5, 5.41) is 3.02. The Labute approximate surface area is 102 Å². The zero-order valence-electron chi connectivity index (χ0n) is 10.5. The van der Waals surface area contributed by atoms with Crippen molar-refractivity contribution < 1.29 is 4.74 Å². The molecule has 1 aliphatic heterocycles. The normalized spacial score (nSPS) is 20.0. The summed E-state index contributed by atoms with van der Waals surface area (Å²) in [5.74, 6) is 2.42. The van der Waals surface area contributed by atoms with Crippen LogP contribution in [0.5, 0.6) is 0 Å². The molecule has 1 unspecified atom stereocenters. The average Bonchev–Trinajstić information content (AvgIpc) is 2.40. The van der Waals surface area contributed by atoms with Gasteiger partial charge in [0.25, 0.3) is 0 Å². The predicted molar refractivity (Wildman–Crippen MR) is 68.4 cm³/mol. The first-order valence-electron chi connectivity index (χ1n) is 6.08. The zero-order chi connectivity index (χ0) is 12.1. The van der Waals surface area contributed by atoms with Gasteiger partial charge in [0.05, 0.1) is 6.61 Å². The van der Waals surface area contributed by atoms with Crippen molar-refractivity contribution in [2.24, 2.45) is 5.92 Å². The Morgan fingerprint density at radius 1 is 1.53 bits per heavy atom. The monoisotopic (exact) mass is 236 g/mol. The van der Waals surface area contributed by atoms with Crippen molar-refractivity contribution in [3.63, 3.8) is 0 Å². The third-order valence-electron chi connectivity index (χ3n) is 3.09. The maximum atomic E-state index is 5.49. The summed E-state index contributed by atoms with van der Waals surface area (Å²) in [7, 11) is 3.93. The molecule has 5 nitrogen and oxygen atoms in total. The van der Waals surface area contributed by atoms with E-state index in [1.54, 1.807) is 6.33 Å². The number of rotatable bonds is 4. The minimum atomic E-state index is 0.613. The number of anilines is 2. The van der Waals surface area contributed by atoms with Crippen LogP contribution in [0.4, 0.5) is 11.6 Å². The number of nitrogens with zero attached hydrogens (tertiary/aromatic N) is 3. The van der Waals surface area contributed by atoms with E-state index in [1.807, 2.05) is 13.1 Å². The van der Waals surface area contributed by atoms with E-state index < -0.39 is 0 Å². The standard InChI is InChI=1S/C12H20N4O/c1-13-11-6-12(15-9-14-11)16(2)7-10-4-3-5-17-8-10/h6,9-10H,3-5,7-8H2,1-2H3,(H,13,14,15). The molecule has 1 aliphatic rings. The van der Waals surface area contributed by atoms with Crippen molar-refractivity contribution in [3.05, 3.63) is 12.4 Å². The van der Waals surface area contributed by atoms with Crippen LogP contribution in [0.2, 0.25) is 0 Å². The van der Waals surface area contributed by atoms with Crippen LogP contribution < -0.4 is 10.2 Å². The van der Waals surface area contributed by atoms with E-state index in [2.05, 4.69) is 27.2 Å². The summed E-state index contributed by atoms with van der Waals surface area (Å²) in [5.41, 5.74) is 0. The van der Waals surface area contributed by atoms with Crippen LogP contribution in [0.1, 0.15) is 12.8 Å². The van der Waals surface area contributed by atoms with Crippen molar-refractivity contribution in [3.8, 4) is 0 Å². The molecule has 2 heterocycles. The van der Waals surface area contributed by atoms with Gasteiger partial charge in [-0.3, -0.25) is 0 Å². The molecule has 0 spiro atoms. The molecule has 0 aromatic carbocycles. The third kappa shape index (κ3) is 3.30. The lowest BCUT2D eigenvalue weighted by Gasteiger charge is -2.27. The fourth-order valence-corrected chi connectivity index (χ4v) is 2.12. The Hall–Kier alpha value is -1.36. The van der Waals surface area contributed by atoms with Gasteiger partial charge in [0.2, 0.25) is 0 Å². The van der Waals surface area contributed by atoms with Gasteiger partial charge in [-0.25, -0.2) is 9.97 Å². The second-order valence-electron chi connectivity index (χ2n) is 4.48. The minimum absolute atomic E-state index is 0.613. The number of hydrogen-bond donors (Lipinski definition) is 1. The fraction of sp³-hybridized carbons (Fsp3) is 0.667. The van der Waals surface area contributed by atoms with Crippen LogP contribution in [0, 0.1) is 5.92 Å². The molecule has 0 bridgehead atoms. The first-order valence-corrected chi connectivity index (χ1v) is 6.08. The number of ether oxygens (including phenoxy) is 1. The third-order valence-corrected chi connectivity index (χ3v) is 3.09. The molecule has 1 atom stereocenters. The second-order valence-corrected chi connectivity index (χ2v) is 4.48. The van der Waals surface area contributed by atoms with Crippen molar-refractivity contribution in [2.75, 3.05) is 44.1 Å². The Balaban J connectivity index is 1.95. The highest BCUT2D eigenvalue weighted by Crippen LogP contribution is 2.18. The van der Waals surface area contributed by atoms with E-state index >= 15 is 0 Å². The summed E-state index contributed by atoms with van der Waals surface area (Å²) in [6.45, 7) is 2.77. The maximum absolute atomic E-state index is 5.49. The van der Waals surface area contributed by atoms with E-state index in [0.29, 0.717) is 5.92 Å². The van der Waals surface area contributed by atoms with Gasteiger partial charge >= 0.3 is 0 Å². The molecule has 0 saturated carbocycles. The number of nitrogens with one attached hydrogen (secondary N) is 1. The van der Waals surface area contributed by atoms with E-state index in [4.69, 9.17) is 4.74 Å². The van der Waals surface area contributed by atoms with Crippen LogP contribution in [0.3, 0.4) is 0 Å². The van der Waals surface area contributed by atoms with E-state index in [9.17, 15) is 0 Å². The van der Waals surface area contributed by atoms with Crippen LogP contribution in [0.25, 0.3) is 0 Å². The number of hydrogen-bond acceptors (Lipinski definition) is 5. The van der Waals surface area contributed by atoms with Crippen molar-refractivity contribution in [2.45, 2.75) is 12.8 Å². The van der Waals surface area contributed by atoms with Gasteiger partial charge < -0.3 is 15.0 Å². The Morgan fingerprint density at radius 3 is 3.12 bits per heavy atom. The summed E-state index contributed by atoms with van der Waals surface area (Å²) >= 11 is 0. The molecule has 1 saturated heterocycles. The topological polar surface area (TPSA) is 50.3 Å². The summed E-state index contributed by atoms with van der Waals surface area (Å²) in [4.78, 5) is 10.6.